The van der Waals surface area contributed by atoms with Gasteiger partial charge in [0.05, 0.1) is 10.6 Å². The van der Waals surface area contributed by atoms with Crippen LogP contribution in [0.25, 0.3) is 11.3 Å². The molecule has 2 aromatic carbocycles. The van der Waals surface area contributed by atoms with Gasteiger partial charge >= 0.3 is 0 Å². The molecule has 0 aliphatic rings. The summed E-state index contributed by atoms with van der Waals surface area (Å²) in [6.07, 6.45) is 3.32. The predicted molar refractivity (Wildman–Crippen MR) is 125 cm³/mol. The first-order valence-corrected chi connectivity index (χ1v) is 12.0. The van der Waals surface area contributed by atoms with Gasteiger partial charge in [0.15, 0.2) is 0 Å². The molecule has 3 aromatic rings. The first-order chi connectivity index (χ1) is 14.3. The molecule has 3 nitrogen and oxygen atoms in total. The van der Waals surface area contributed by atoms with E-state index in [4.69, 9.17) is 0 Å². The molecular weight excluding hydrogens is 390 g/mol. The van der Waals surface area contributed by atoms with E-state index in [0.717, 1.165) is 34.5 Å². The summed E-state index contributed by atoms with van der Waals surface area (Å²) in [5, 5.41) is 0. The van der Waals surface area contributed by atoms with Crippen LogP contribution in [0.3, 0.4) is 0 Å². The molecule has 158 valence electrons. The van der Waals surface area contributed by atoms with Gasteiger partial charge in [0.2, 0.25) is 9.84 Å². The summed E-state index contributed by atoms with van der Waals surface area (Å²) >= 11 is 0. The lowest BCUT2D eigenvalue weighted by Crippen LogP contribution is -2.08. The Bertz CT molecular complexity index is 1120. The predicted octanol–water partition coefficient (Wildman–Crippen LogP) is 6.24. The molecule has 0 aliphatic carbocycles. The van der Waals surface area contributed by atoms with Crippen LogP contribution < -0.4 is 0 Å². The van der Waals surface area contributed by atoms with E-state index in [2.05, 4.69) is 25.0 Å². The quantitative estimate of drug-likeness (QED) is 0.404. The summed E-state index contributed by atoms with van der Waals surface area (Å²) in [6.45, 7) is 12.8. The van der Waals surface area contributed by atoms with Gasteiger partial charge in [0, 0.05) is 12.2 Å². The SMILES string of the molecule is C=CCn1c(CC(C)C)c(CC)c(S(=O)(=O)c2ccc(C)cc2)c1-c1ccccc1. The Kier molecular flexibility index (Phi) is 6.67. The molecule has 0 saturated carbocycles. The van der Waals surface area contributed by atoms with Crippen molar-refractivity contribution >= 4 is 9.84 Å². The fourth-order valence-corrected chi connectivity index (χ4v) is 5.82. The molecule has 0 bridgehead atoms. The lowest BCUT2D eigenvalue weighted by Gasteiger charge is -2.14. The van der Waals surface area contributed by atoms with Crippen molar-refractivity contribution in [2.75, 3.05) is 0 Å². The minimum atomic E-state index is -3.69. The lowest BCUT2D eigenvalue weighted by atomic mass is 10.0. The molecule has 1 aromatic heterocycles. The van der Waals surface area contributed by atoms with E-state index in [9.17, 15) is 8.42 Å². The summed E-state index contributed by atoms with van der Waals surface area (Å²) in [7, 11) is -3.69. The molecule has 0 saturated heterocycles. The summed E-state index contributed by atoms with van der Waals surface area (Å²) in [4.78, 5) is 0.782. The number of sulfone groups is 1. The maximum absolute atomic E-state index is 13.9. The van der Waals surface area contributed by atoms with Crippen LogP contribution in [0.1, 0.15) is 37.6 Å². The Hall–Kier alpha value is -2.59. The van der Waals surface area contributed by atoms with Gasteiger partial charge in [-0.15, -0.1) is 6.58 Å². The number of aromatic nitrogens is 1. The molecule has 0 radical (unpaired) electrons. The van der Waals surface area contributed by atoms with Gasteiger partial charge in [-0.05, 0) is 48.9 Å². The molecule has 0 spiro atoms. The van der Waals surface area contributed by atoms with Crippen LogP contribution in [-0.4, -0.2) is 13.0 Å². The van der Waals surface area contributed by atoms with Gasteiger partial charge in [0.1, 0.15) is 4.90 Å². The second kappa shape index (κ2) is 9.05. The third-order valence-corrected chi connectivity index (χ3v) is 7.22. The Morgan fingerprint density at radius 2 is 1.67 bits per heavy atom. The van der Waals surface area contributed by atoms with Gasteiger partial charge < -0.3 is 4.57 Å². The molecule has 0 atom stereocenters. The van der Waals surface area contributed by atoms with Gasteiger partial charge in [-0.25, -0.2) is 8.42 Å². The molecule has 3 rings (SSSR count). The van der Waals surface area contributed by atoms with Crippen molar-refractivity contribution in [1.82, 2.24) is 4.57 Å². The fraction of sp³-hybridized carbons (Fsp3) is 0.308. The van der Waals surface area contributed by atoms with E-state index in [1.54, 1.807) is 12.1 Å². The highest BCUT2D eigenvalue weighted by Crippen LogP contribution is 2.39. The third kappa shape index (κ3) is 4.15. The van der Waals surface area contributed by atoms with Crippen LogP contribution >= 0.6 is 0 Å². The smallest absolute Gasteiger partial charge is 0.209 e. The number of nitrogens with zero attached hydrogens (tertiary/aromatic N) is 1. The zero-order valence-corrected chi connectivity index (χ0v) is 19.2. The normalized spacial score (nSPS) is 11.8. The number of allylic oxidation sites excluding steroid dienone is 1. The average molecular weight is 422 g/mol. The van der Waals surface area contributed by atoms with Crippen molar-refractivity contribution in [3.8, 4) is 11.3 Å². The molecular formula is C26H31NO2S. The maximum atomic E-state index is 13.9. The average Bonchev–Trinajstić information content (AvgIpc) is 3.02. The van der Waals surface area contributed by atoms with Crippen LogP contribution in [0.4, 0.5) is 0 Å². The zero-order valence-electron chi connectivity index (χ0n) is 18.4. The monoisotopic (exact) mass is 421 g/mol. The topological polar surface area (TPSA) is 39.1 Å². The van der Waals surface area contributed by atoms with Crippen molar-refractivity contribution in [3.05, 3.63) is 84.1 Å². The lowest BCUT2D eigenvalue weighted by molar-refractivity contribution is 0.595. The summed E-state index contributed by atoms with van der Waals surface area (Å²) in [5.74, 6) is 0.410. The fourth-order valence-electron chi connectivity index (χ4n) is 4.02. The minimum absolute atomic E-state index is 0.340. The molecule has 0 N–H and O–H groups in total. The van der Waals surface area contributed by atoms with Crippen LogP contribution in [0, 0.1) is 12.8 Å². The molecule has 1 heterocycles. The van der Waals surface area contributed by atoms with E-state index in [1.807, 2.05) is 62.4 Å². The maximum Gasteiger partial charge on any atom is 0.209 e. The Labute approximate surface area is 181 Å². The van der Waals surface area contributed by atoms with Crippen molar-refractivity contribution in [2.24, 2.45) is 5.92 Å². The molecule has 0 fully saturated rings. The summed E-state index contributed by atoms with van der Waals surface area (Å²) in [6, 6.07) is 17.0. The standard InChI is InChI=1S/C26H31NO2S/c1-6-17-27-24(18-19(3)4)23(7-2)26(25(27)21-11-9-8-10-12-21)30(28,29)22-15-13-20(5)14-16-22/h6,8-16,19H,1,7,17-18H2,2-5H3. The van der Waals surface area contributed by atoms with Gasteiger partial charge in [-0.1, -0.05) is 74.9 Å². The van der Waals surface area contributed by atoms with Crippen molar-refractivity contribution in [1.29, 1.82) is 0 Å². The van der Waals surface area contributed by atoms with E-state index < -0.39 is 9.84 Å². The molecule has 0 aliphatic heterocycles. The van der Waals surface area contributed by atoms with E-state index >= 15 is 0 Å². The Morgan fingerprint density at radius 1 is 1.03 bits per heavy atom. The molecule has 4 heteroatoms. The minimum Gasteiger partial charge on any atom is -0.339 e. The number of hydrogen-bond acceptors (Lipinski definition) is 2. The van der Waals surface area contributed by atoms with Crippen molar-refractivity contribution in [2.45, 2.75) is 56.9 Å². The zero-order chi connectivity index (χ0) is 21.9. The van der Waals surface area contributed by atoms with Gasteiger partial charge in [-0.3, -0.25) is 0 Å². The number of benzene rings is 2. The van der Waals surface area contributed by atoms with E-state index in [1.165, 1.54) is 0 Å². The van der Waals surface area contributed by atoms with Crippen molar-refractivity contribution < 1.29 is 8.42 Å². The second-order valence-corrected chi connectivity index (χ2v) is 10.0. The Morgan fingerprint density at radius 3 is 2.20 bits per heavy atom. The van der Waals surface area contributed by atoms with Crippen LogP contribution in [0.5, 0.6) is 0 Å². The molecule has 0 amide bonds. The highest BCUT2D eigenvalue weighted by Gasteiger charge is 2.32. The van der Waals surface area contributed by atoms with Crippen molar-refractivity contribution in [3.63, 3.8) is 0 Å². The van der Waals surface area contributed by atoms with Gasteiger partial charge in [-0.2, -0.15) is 0 Å². The Balaban J connectivity index is 2.43. The summed E-state index contributed by atoms with van der Waals surface area (Å²) in [5.41, 5.74) is 4.73. The van der Waals surface area contributed by atoms with Crippen LogP contribution in [0.2, 0.25) is 0 Å². The van der Waals surface area contributed by atoms with Crippen LogP contribution in [0.15, 0.2) is 77.0 Å². The second-order valence-electron chi connectivity index (χ2n) is 8.14. The number of rotatable bonds is 8. The highest BCUT2D eigenvalue weighted by molar-refractivity contribution is 7.91. The molecule has 30 heavy (non-hydrogen) atoms. The largest absolute Gasteiger partial charge is 0.339 e. The first kappa shape index (κ1) is 22.1. The number of aryl methyl sites for hydroxylation is 1. The summed E-state index contributed by atoms with van der Waals surface area (Å²) < 4.78 is 30.0. The van der Waals surface area contributed by atoms with E-state index in [0.29, 0.717) is 28.7 Å². The van der Waals surface area contributed by atoms with Gasteiger partial charge in [0.25, 0.3) is 0 Å². The van der Waals surface area contributed by atoms with E-state index in [-0.39, 0.29) is 0 Å². The first-order valence-electron chi connectivity index (χ1n) is 10.5. The molecule has 0 unspecified atom stereocenters. The third-order valence-electron chi connectivity index (χ3n) is 5.35. The highest BCUT2D eigenvalue weighted by atomic mass is 32.2. The van der Waals surface area contributed by atoms with Crippen LogP contribution in [-0.2, 0) is 29.2 Å². The number of hydrogen-bond donors (Lipinski definition) is 0.